The summed E-state index contributed by atoms with van der Waals surface area (Å²) in [5, 5.41) is 0. The Bertz CT molecular complexity index is 651. The molecule has 0 N–H and O–H groups in total. The van der Waals surface area contributed by atoms with Crippen molar-refractivity contribution in [3.8, 4) is 0 Å². The van der Waals surface area contributed by atoms with E-state index in [2.05, 4.69) is 24.3 Å². The predicted molar refractivity (Wildman–Crippen MR) is 92.4 cm³/mol. The van der Waals surface area contributed by atoms with E-state index in [4.69, 9.17) is 0 Å². The molecule has 2 amide bonds. The lowest BCUT2D eigenvalue weighted by atomic mass is 10.0. The van der Waals surface area contributed by atoms with Gasteiger partial charge in [0.25, 0.3) is 0 Å². The molecule has 0 aromatic heterocycles. The molecule has 1 heterocycles. The number of hydrogen-bond donors (Lipinski definition) is 0. The van der Waals surface area contributed by atoms with Gasteiger partial charge in [-0.2, -0.15) is 0 Å². The highest BCUT2D eigenvalue weighted by atomic mass is 16.2. The van der Waals surface area contributed by atoms with Crippen LogP contribution in [0.1, 0.15) is 55.7 Å². The average molecular weight is 326 g/mol. The molecule has 0 bridgehead atoms. The number of likely N-dealkylation sites (tertiary alicyclic amines) is 1. The Balaban J connectivity index is 1.45. The van der Waals surface area contributed by atoms with E-state index in [0.29, 0.717) is 19.0 Å². The van der Waals surface area contributed by atoms with Gasteiger partial charge in [0.05, 0.1) is 12.0 Å². The topological polar surface area (TPSA) is 40.6 Å². The molecule has 24 heavy (non-hydrogen) atoms. The first-order chi connectivity index (χ1) is 11.6. The molecule has 3 aliphatic rings. The van der Waals surface area contributed by atoms with Gasteiger partial charge >= 0.3 is 0 Å². The van der Waals surface area contributed by atoms with Crippen molar-refractivity contribution in [3.63, 3.8) is 0 Å². The molecule has 4 nitrogen and oxygen atoms in total. The van der Waals surface area contributed by atoms with Crippen molar-refractivity contribution in [1.82, 2.24) is 9.80 Å². The maximum Gasteiger partial charge on any atom is 0.228 e. The fourth-order valence-corrected chi connectivity index (χ4v) is 4.84. The normalized spacial score (nSPS) is 26.9. The minimum atomic E-state index is -0.157. The number of aryl methyl sites for hydroxylation is 1. The molecule has 1 aromatic carbocycles. The summed E-state index contributed by atoms with van der Waals surface area (Å²) in [4.78, 5) is 29.3. The molecule has 2 atom stereocenters. The van der Waals surface area contributed by atoms with Crippen molar-refractivity contribution >= 4 is 11.8 Å². The first-order valence-corrected chi connectivity index (χ1v) is 9.29. The number of amides is 2. The zero-order valence-electron chi connectivity index (χ0n) is 14.4. The molecule has 4 heteroatoms. The first-order valence-electron chi connectivity index (χ1n) is 9.29. The Hall–Kier alpha value is -1.84. The third-order valence-electron chi connectivity index (χ3n) is 6.19. The van der Waals surface area contributed by atoms with Crippen LogP contribution in [-0.4, -0.2) is 41.2 Å². The van der Waals surface area contributed by atoms with Gasteiger partial charge in [-0.3, -0.25) is 9.59 Å². The summed E-state index contributed by atoms with van der Waals surface area (Å²) in [5.74, 6) is 0.168. The van der Waals surface area contributed by atoms with Gasteiger partial charge in [0.2, 0.25) is 11.8 Å². The quantitative estimate of drug-likeness (QED) is 0.857. The van der Waals surface area contributed by atoms with Crippen molar-refractivity contribution in [2.24, 2.45) is 5.92 Å². The second-order valence-electron chi connectivity index (χ2n) is 7.59. The van der Waals surface area contributed by atoms with E-state index < -0.39 is 0 Å². The molecule has 1 saturated carbocycles. The highest BCUT2D eigenvalue weighted by Gasteiger charge is 2.41. The van der Waals surface area contributed by atoms with Crippen molar-refractivity contribution in [2.75, 3.05) is 13.6 Å². The van der Waals surface area contributed by atoms with Crippen LogP contribution in [0.25, 0.3) is 0 Å². The zero-order chi connectivity index (χ0) is 16.7. The van der Waals surface area contributed by atoms with E-state index >= 15 is 0 Å². The van der Waals surface area contributed by atoms with Crippen LogP contribution in [0.5, 0.6) is 0 Å². The molecule has 0 radical (unpaired) electrons. The third-order valence-corrected chi connectivity index (χ3v) is 6.19. The molecular formula is C20H26N2O2. The molecule has 0 spiro atoms. The summed E-state index contributed by atoms with van der Waals surface area (Å²) in [6.45, 7) is 0.626. The molecule has 1 aromatic rings. The first kappa shape index (κ1) is 15.7. The predicted octanol–water partition coefficient (Wildman–Crippen LogP) is 2.92. The van der Waals surface area contributed by atoms with Gasteiger partial charge in [0.1, 0.15) is 0 Å². The Labute approximate surface area is 143 Å². The van der Waals surface area contributed by atoms with Crippen LogP contribution in [0, 0.1) is 5.92 Å². The third kappa shape index (κ3) is 2.62. The highest BCUT2D eigenvalue weighted by Crippen LogP contribution is 2.37. The van der Waals surface area contributed by atoms with Crippen LogP contribution in [0.3, 0.4) is 0 Å². The van der Waals surface area contributed by atoms with Gasteiger partial charge in [0, 0.05) is 26.1 Å². The maximum atomic E-state index is 13.0. The SMILES string of the molecule is CN(C(=O)[C@H]1CC(=O)N(C2CCCC2)C1)[C@H]1CCc2ccccc21. The van der Waals surface area contributed by atoms with Crippen LogP contribution in [0.15, 0.2) is 24.3 Å². The van der Waals surface area contributed by atoms with E-state index in [-0.39, 0.29) is 23.8 Å². The van der Waals surface area contributed by atoms with Gasteiger partial charge in [-0.05, 0) is 36.8 Å². The van der Waals surface area contributed by atoms with Crippen molar-refractivity contribution in [1.29, 1.82) is 0 Å². The van der Waals surface area contributed by atoms with Crippen LogP contribution in [-0.2, 0) is 16.0 Å². The van der Waals surface area contributed by atoms with E-state index in [9.17, 15) is 9.59 Å². The second-order valence-corrected chi connectivity index (χ2v) is 7.59. The number of carbonyl (C=O) groups excluding carboxylic acids is 2. The molecule has 2 fully saturated rings. The number of benzene rings is 1. The standard InChI is InChI=1S/C20H26N2O2/c1-21(18-11-10-14-6-2-5-9-17(14)18)20(24)15-12-19(23)22(13-15)16-7-3-4-8-16/h2,5-6,9,15-16,18H,3-4,7-8,10-13H2,1H3/t15-,18-/m0/s1. The summed E-state index contributed by atoms with van der Waals surface area (Å²) >= 11 is 0. The van der Waals surface area contributed by atoms with Crippen LogP contribution >= 0.6 is 0 Å². The molecular weight excluding hydrogens is 300 g/mol. The molecule has 2 aliphatic carbocycles. The summed E-state index contributed by atoms with van der Waals surface area (Å²) in [7, 11) is 1.91. The van der Waals surface area contributed by atoms with Crippen LogP contribution in [0.4, 0.5) is 0 Å². The summed E-state index contributed by atoms with van der Waals surface area (Å²) < 4.78 is 0. The lowest BCUT2D eigenvalue weighted by molar-refractivity contribution is -0.136. The minimum absolute atomic E-state index is 0.144. The number of fused-ring (bicyclic) bond motifs is 1. The maximum absolute atomic E-state index is 13.0. The average Bonchev–Trinajstić information content (AvgIpc) is 3.32. The van der Waals surface area contributed by atoms with E-state index in [1.165, 1.54) is 24.0 Å². The van der Waals surface area contributed by atoms with Gasteiger partial charge < -0.3 is 9.80 Å². The molecule has 1 aliphatic heterocycles. The summed E-state index contributed by atoms with van der Waals surface area (Å²) in [6.07, 6.45) is 7.08. The lowest BCUT2D eigenvalue weighted by Gasteiger charge is -2.29. The minimum Gasteiger partial charge on any atom is -0.339 e. The lowest BCUT2D eigenvalue weighted by Crippen LogP contribution is -2.38. The van der Waals surface area contributed by atoms with Gasteiger partial charge in [0.15, 0.2) is 0 Å². The fraction of sp³-hybridized carbons (Fsp3) is 0.600. The molecule has 1 saturated heterocycles. The van der Waals surface area contributed by atoms with Crippen molar-refractivity contribution in [2.45, 2.75) is 57.0 Å². The Morgan fingerprint density at radius 2 is 1.92 bits per heavy atom. The molecule has 4 rings (SSSR count). The van der Waals surface area contributed by atoms with Crippen LogP contribution < -0.4 is 0 Å². The van der Waals surface area contributed by atoms with Crippen molar-refractivity contribution < 1.29 is 9.59 Å². The number of rotatable bonds is 3. The number of nitrogens with zero attached hydrogens (tertiary/aromatic N) is 2. The highest BCUT2D eigenvalue weighted by molar-refractivity contribution is 5.89. The van der Waals surface area contributed by atoms with Gasteiger partial charge in [-0.25, -0.2) is 0 Å². The Morgan fingerprint density at radius 3 is 2.71 bits per heavy atom. The smallest absolute Gasteiger partial charge is 0.228 e. The molecule has 0 unspecified atom stereocenters. The van der Waals surface area contributed by atoms with E-state index in [0.717, 1.165) is 25.7 Å². The molecule has 128 valence electrons. The second kappa shape index (κ2) is 6.23. The van der Waals surface area contributed by atoms with Crippen LogP contribution in [0.2, 0.25) is 0 Å². The van der Waals surface area contributed by atoms with E-state index in [1.807, 2.05) is 16.8 Å². The Morgan fingerprint density at radius 1 is 1.17 bits per heavy atom. The van der Waals surface area contributed by atoms with E-state index in [1.54, 1.807) is 0 Å². The number of hydrogen-bond acceptors (Lipinski definition) is 2. The fourth-order valence-electron chi connectivity index (χ4n) is 4.84. The Kier molecular flexibility index (Phi) is 4.07. The van der Waals surface area contributed by atoms with Gasteiger partial charge in [-0.15, -0.1) is 0 Å². The van der Waals surface area contributed by atoms with Gasteiger partial charge in [-0.1, -0.05) is 37.1 Å². The monoisotopic (exact) mass is 326 g/mol. The van der Waals surface area contributed by atoms with Crippen molar-refractivity contribution in [3.05, 3.63) is 35.4 Å². The summed E-state index contributed by atoms with van der Waals surface area (Å²) in [6, 6.07) is 8.97. The largest absolute Gasteiger partial charge is 0.339 e. The summed E-state index contributed by atoms with van der Waals surface area (Å²) in [5.41, 5.74) is 2.64. The zero-order valence-corrected chi connectivity index (χ0v) is 14.4. The number of carbonyl (C=O) groups is 2.